The molecule has 0 heterocycles. The van der Waals surface area contributed by atoms with Gasteiger partial charge in [0.25, 0.3) is 0 Å². The van der Waals surface area contributed by atoms with Crippen molar-refractivity contribution in [1.82, 2.24) is 0 Å². The maximum atomic E-state index is 12.0. The van der Waals surface area contributed by atoms with Gasteiger partial charge in [-0.1, -0.05) is 26.0 Å². The molecule has 1 aromatic rings. The van der Waals surface area contributed by atoms with Crippen molar-refractivity contribution in [3.05, 3.63) is 29.8 Å². The summed E-state index contributed by atoms with van der Waals surface area (Å²) in [7, 11) is 0. The van der Waals surface area contributed by atoms with Gasteiger partial charge in [0.1, 0.15) is 5.75 Å². The van der Waals surface area contributed by atoms with Crippen LogP contribution in [0, 0.1) is 0 Å². The van der Waals surface area contributed by atoms with E-state index >= 15 is 0 Å². The second kappa shape index (κ2) is 7.05. The third-order valence-corrected chi connectivity index (χ3v) is 3.49. The molecule has 0 saturated heterocycles. The van der Waals surface area contributed by atoms with Crippen molar-refractivity contribution in [3.8, 4) is 5.75 Å². The molecule has 1 aromatic carbocycles. The predicted molar refractivity (Wildman–Crippen MR) is 70.4 cm³/mol. The Balaban J connectivity index is 2.48. The van der Waals surface area contributed by atoms with Gasteiger partial charge in [-0.2, -0.15) is 11.8 Å². The first-order chi connectivity index (χ1) is 8.76. The van der Waals surface area contributed by atoms with E-state index in [1.54, 1.807) is 11.8 Å². The molecule has 0 amide bonds. The van der Waals surface area contributed by atoms with Crippen LogP contribution in [-0.4, -0.2) is 28.6 Å². The Kier molecular flexibility index (Phi) is 6.00. The summed E-state index contributed by atoms with van der Waals surface area (Å²) in [6, 6.07) is 5.57. The third-order valence-electron chi connectivity index (χ3n) is 2.25. The zero-order valence-corrected chi connectivity index (χ0v) is 11.6. The van der Waals surface area contributed by atoms with E-state index in [0.29, 0.717) is 17.4 Å². The largest absolute Gasteiger partial charge is 0.573 e. The molecular weight excluding hydrogens is 277 g/mol. The predicted octanol–water partition coefficient (Wildman–Crippen LogP) is 3.63. The average Bonchev–Trinajstić information content (AvgIpc) is 2.27. The highest BCUT2D eigenvalue weighted by atomic mass is 32.2. The van der Waals surface area contributed by atoms with Crippen molar-refractivity contribution in [2.75, 3.05) is 5.75 Å². The molecule has 0 aliphatic heterocycles. The number of alkyl halides is 3. The molecule has 108 valence electrons. The first kappa shape index (κ1) is 16.2. The Morgan fingerprint density at radius 1 is 1.21 bits per heavy atom. The number of hydrogen-bond acceptors (Lipinski definition) is 3. The van der Waals surface area contributed by atoms with Gasteiger partial charge in [0.15, 0.2) is 0 Å². The fourth-order valence-electron chi connectivity index (χ4n) is 1.46. The maximum Gasteiger partial charge on any atom is 0.573 e. The molecule has 1 rings (SSSR count). The standard InChI is InChI=1S/C13H17F3O2S/c1-9(2)19-8-11(17)7-10-3-5-12(6-4-10)18-13(14,15)16/h3-6,9,11,17H,7-8H2,1-2H3. The first-order valence-electron chi connectivity index (χ1n) is 5.90. The number of aliphatic hydroxyl groups excluding tert-OH is 1. The Morgan fingerprint density at radius 3 is 2.26 bits per heavy atom. The highest BCUT2D eigenvalue weighted by molar-refractivity contribution is 7.99. The van der Waals surface area contributed by atoms with Crippen molar-refractivity contribution in [2.45, 2.75) is 38.0 Å². The minimum absolute atomic E-state index is 0.248. The highest BCUT2D eigenvalue weighted by Gasteiger charge is 2.30. The lowest BCUT2D eigenvalue weighted by Gasteiger charge is -2.13. The lowest BCUT2D eigenvalue weighted by molar-refractivity contribution is -0.274. The van der Waals surface area contributed by atoms with Gasteiger partial charge in [-0.05, 0) is 29.4 Å². The van der Waals surface area contributed by atoms with Crippen LogP contribution in [0.5, 0.6) is 5.75 Å². The van der Waals surface area contributed by atoms with E-state index in [2.05, 4.69) is 4.74 Å². The summed E-state index contributed by atoms with van der Waals surface area (Å²) in [5.41, 5.74) is 0.784. The fraction of sp³-hybridized carbons (Fsp3) is 0.538. The van der Waals surface area contributed by atoms with Crippen molar-refractivity contribution in [2.24, 2.45) is 0 Å². The lowest BCUT2D eigenvalue weighted by atomic mass is 10.1. The summed E-state index contributed by atoms with van der Waals surface area (Å²) < 4.78 is 39.7. The molecule has 0 aliphatic rings. The van der Waals surface area contributed by atoms with Gasteiger partial charge in [-0.3, -0.25) is 0 Å². The summed E-state index contributed by atoms with van der Waals surface area (Å²) in [6.45, 7) is 4.08. The molecule has 19 heavy (non-hydrogen) atoms. The van der Waals surface area contributed by atoms with Crippen molar-refractivity contribution in [1.29, 1.82) is 0 Å². The van der Waals surface area contributed by atoms with Gasteiger partial charge >= 0.3 is 6.36 Å². The van der Waals surface area contributed by atoms with Gasteiger partial charge in [-0.15, -0.1) is 13.2 Å². The van der Waals surface area contributed by atoms with Gasteiger partial charge < -0.3 is 9.84 Å². The zero-order chi connectivity index (χ0) is 14.5. The number of hydrogen-bond donors (Lipinski definition) is 1. The molecule has 1 unspecified atom stereocenters. The number of benzene rings is 1. The summed E-state index contributed by atoms with van der Waals surface area (Å²) in [5.74, 6) is 0.362. The summed E-state index contributed by atoms with van der Waals surface area (Å²) >= 11 is 1.65. The summed E-state index contributed by atoms with van der Waals surface area (Å²) in [4.78, 5) is 0. The molecule has 0 fully saturated rings. The van der Waals surface area contributed by atoms with E-state index in [0.717, 1.165) is 5.56 Å². The fourth-order valence-corrected chi connectivity index (χ4v) is 2.19. The first-order valence-corrected chi connectivity index (χ1v) is 6.95. The van der Waals surface area contributed by atoms with Crippen LogP contribution in [0.4, 0.5) is 13.2 Å². The van der Waals surface area contributed by atoms with Crippen LogP contribution in [-0.2, 0) is 6.42 Å². The second-order valence-corrected chi connectivity index (χ2v) is 6.04. The van der Waals surface area contributed by atoms with E-state index in [9.17, 15) is 18.3 Å². The van der Waals surface area contributed by atoms with Crippen molar-refractivity contribution < 1.29 is 23.0 Å². The van der Waals surface area contributed by atoms with E-state index in [-0.39, 0.29) is 5.75 Å². The topological polar surface area (TPSA) is 29.5 Å². The number of ether oxygens (including phenoxy) is 1. The van der Waals surface area contributed by atoms with Crippen molar-refractivity contribution >= 4 is 11.8 Å². The maximum absolute atomic E-state index is 12.0. The molecule has 6 heteroatoms. The van der Waals surface area contributed by atoms with Gasteiger partial charge in [0.05, 0.1) is 6.10 Å². The van der Waals surface area contributed by atoms with Crippen LogP contribution in [0.3, 0.4) is 0 Å². The lowest BCUT2D eigenvalue weighted by Crippen LogP contribution is -2.17. The van der Waals surface area contributed by atoms with Crippen LogP contribution in [0.25, 0.3) is 0 Å². The molecule has 0 aliphatic carbocycles. The monoisotopic (exact) mass is 294 g/mol. The minimum atomic E-state index is -4.67. The molecule has 1 atom stereocenters. The zero-order valence-electron chi connectivity index (χ0n) is 10.8. The van der Waals surface area contributed by atoms with Crippen LogP contribution >= 0.6 is 11.8 Å². The summed E-state index contributed by atoms with van der Waals surface area (Å²) in [5, 5.41) is 10.2. The third kappa shape index (κ3) is 7.32. The van der Waals surface area contributed by atoms with Crippen LogP contribution in [0.15, 0.2) is 24.3 Å². The van der Waals surface area contributed by atoms with E-state index in [1.165, 1.54) is 24.3 Å². The quantitative estimate of drug-likeness (QED) is 0.868. The molecular formula is C13H17F3O2S. The average molecular weight is 294 g/mol. The molecule has 0 bridgehead atoms. The molecule has 1 N–H and O–H groups in total. The van der Waals surface area contributed by atoms with Gasteiger partial charge in [0, 0.05) is 5.75 Å². The normalized spacial score (nSPS) is 13.6. The molecule has 0 aromatic heterocycles. The molecule has 0 spiro atoms. The Hall–Kier alpha value is -0.880. The Morgan fingerprint density at radius 2 is 1.79 bits per heavy atom. The number of thioether (sulfide) groups is 1. The van der Waals surface area contributed by atoms with Crippen molar-refractivity contribution in [3.63, 3.8) is 0 Å². The highest BCUT2D eigenvalue weighted by Crippen LogP contribution is 2.23. The van der Waals surface area contributed by atoms with E-state index in [4.69, 9.17) is 0 Å². The van der Waals surface area contributed by atoms with Crippen LogP contribution in [0.1, 0.15) is 19.4 Å². The number of halogens is 3. The van der Waals surface area contributed by atoms with Gasteiger partial charge in [-0.25, -0.2) is 0 Å². The minimum Gasteiger partial charge on any atom is -0.406 e. The Labute approximate surface area is 115 Å². The summed E-state index contributed by atoms with van der Waals surface area (Å²) in [6.07, 6.45) is -4.75. The molecule has 0 saturated carbocycles. The smallest absolute Gasteiger partial charge is 0.406 e. The van der Waals surface area contributed by atoms with Crippen LogP contribution in [0.2, 0.25) is 0 Å². The van der Waals surface area contributed by atoms with E-state index in [1.807, 2.05) is 13.8 Å². The Bertz CT molecular complexity index is 376. The van der Waals surface area contributed by atoms with E-state index < -0.39 is 12.5 Å². The molecule has 0 radical (unpaired) electrons. The number of aliphatic hydroxyl groups is 1. The second-order valence-electron chi connectivity index (χ2n) is 4.43. The number of rotatable bonds is 6. The SMILES string of the molecule is CC(C)SCC(O)Cc1ccc(OC(F)(F)F)cc1. The van der Waals surface area contributed by atoms with Gasteiger partial charge in [0.2, 0.25) is 0 Å². The van der Waals surface area contributed by atoms with Crippen LogP contribution < -0.4 is 4.74 Å². The molecule has 2 nitrogen and oxygen atoms in total.